The second-order valence-electron chi connectivity index (χ2n) is 5.34. The van der Waals surface area contributed by atoms with E-state index in [1.165, 1.54) is 12.8 Å². The van der Waals surface area contributed by atoms with Gasteiger partial charge in [0.25, 0.3) is 0 Å². The first kappa shape index (κ1) is 12.5. The van der Waals surface area contributed by atoms with E-state index in [1.54, 1.807) is 0 Å². The van der Waals surface area contributed by atoms with Crippen molar-refractivity contribution in [2.24, 2.45) is 5.92 Å². The van der Waals surface area contributed by atoms with Gasteiger partial charge in [0.05, 0.1) is 0 Å². The summed E-state index contributed by atoms with van der Waals surface area (Å²) in [4.78, 5) is 11.5. The summed E-state index contributed by atoms with van der Waals surface area (Å²) in [6.07, 6.45) is 4.00. The SMILES string of the molecule is CC(C)(C)OC(=O)CC[C@@H]1CCCNC1. The molecule has 3 heteroatoms. The first-order chi connectivity index (χ1) is 6.97. The summed E-state index contributed by atoms with van der Waals surface area (Å²) >= 11 is 0. The zero-order valence-corrected chi connectivity index (χ0v) is 10.1. The molecule has 1 rings (SSSR count). The third-order valence-corrected chi connectivity index (χ3v) is 2.58. The van der Waals surface area contributed by atoms with Crippen molar-refractivity contribution in [3.63, 3.8) is 0 Å². The summed E-state index contributed by atoms with van der Waals surface area (Å²) in [6, 6.07) is 0. The molecular weight excluding hydrogens is 190 g/mol. The van der Waals surface area contributed by atoms with Gasteiger partial charge in [-0.05, 0) is 59.0 Å². The molecule has 3 nitrogen and oxygen atoms in total. The van der Waals surface area contributed by atoms with Gasteiger partial charge >= 0.3 is 5.97 Å². The average Bonchev–Trinajstić information content (AvgIpc) is 2.14. The van der Waals surface area contributed by atoms with E-state index >= 15 is 0 Å². The van der Waals surface area contributed by atoms with Crippen molar-refractivity contribution in [2.75, 3.05) is 13.1 Å². The van der Waals surface area contributed by atoms with Crippen LogP contribution in [0.2, 0.25) is 0 Å². The molecule has 0 amide bonds. The second-order valence-corrected chi connectivity index (χ2v) is 5.34. The van der Waals surface area contributed by atoms with Crippen molar-refractivity contribution in [1.82, 2.24) is 5.32 Å². The Hall–Kier alpha value is -0.570. The highest BCUT2D eigenvalue weighted by atomic mass is 16.6. The molecule has 0 aromatic carbocycles. The maximum absolute atomic E-state index is 11.5. The molecule has 1 aliphatic heterocycles. The number of hydrogen-bond donors (Lipinski definition) is 1. The molecule has 0 spiro atoms. The minimum atomic E-state index is -0.345. The third-order valence-electron chi connectivity index (χ3n) is 2.58. The summed E-state index contributed by atoms with van der Waals surface area (Å²) in [5.74, 6) is 0.597. The van der Waals surface area contributed by atoms with E-state index < -0.39 is 0 Å². The fraction of sp³-hybridized carbons (Fsp3) is 0.917. The van der Waals surface area contributed by atoms with Gasteiger partial charge in [-0.15, -0.1) is 0 Å². The molecular formula is C12H23NO2. The molecule has 0 aliphatic carbocycles. The molecule has 1 saturated heterocycles. The minimum Gasteiger partial charge on any atom is -0.460 e. The van der Waals surface area contributed by atoms with Crippen LogP contribution < -0.4 is 5.32 Å². The Labute approximate surface area is 92.6 Å². The van der Waals surface area contributed by atoms with E-state index in [-0.39, 0.29) is 11.6 Å². The highest BCUT2D eigenvalue weighted by molar-refractivity contribution is 5.69. The largest absolute Gasteiger partial charge is 0.460 e. The predicted molar refractivity (Wildman–Crippen MR) is 60.7 cm³/mol. The van der Waals surface area contributed by atoms with Crippen LogP contribution in [0.25, 0.3) is 0 Å². The van der Waals surface area contributed by atoms with E-state index in [0.717, 1.165) is 19.5 Å². The fourth-order valence-corrected chi connectivity index (χ4v) is 1.88. The first-order valence-corrected chi connectivity index (χ1v) is 5.90. The Balaban J connectivity index is 2.15. The van der Waals surface area contributed by atoms with Crippen LogP contribution in [-0.2, 0) is 9.53 Å². The van der Waals surface area contributed by atoms with Crippen molar-refractivity contribution >= 4 is 5.97 Å². The van der Waals surface area contributed by atoms with Gasteiger partial charge < -0.3 is 10.1 Å². The van der Waals surface area contributed by atoms with Gasteiger partial charge in [-0.1, -0.05) is 0 Å². The van der Waals surface area contributed by atoms with Crippen LogP contribution in [0, 0.1) is 5.92 Å². The highest BCUT2D eigenvalue weighted by Gasteiger charge is 2.18. The molecule has 1 heterocycles. The Morgan fingerprint density at radius 2 is 2.20 bits per heavy atom. The van der Waals surface area contributed by atoms with Gasteiger partial charge in [0.15, 0.2) is 0 Å². The lowest BCUT2D eigenvalue weighted by Gasteiger charge is -2.23. The number of carbonyl (C=O) groups excluding carboxylic acids is 1. The molecule has 1 N–H and O–H groups in total. The minimum absolute atomic E-state index is 0.0620. The van der Waals surface area contributed by atoms with Gasteiger partial charge in [-0.3, -0.25) is 4.79 Å². The number of esters is 1. The molecule has 1 fully saturated rings. The molecule has 88 valence electrons. The third kappa shape index (κ3) is 5.78. The normalized spacial score (nSPS) is 22.5. The molecule has 0 aromatic heterocycles. The zero-order chi connectivity index (χ0) is 11.3. The van der Waals surface area contributed by atoms with Crippen molar-refractivity contribution < 1.29 is 9.53 Å². The van der Waals surface area contributed by atoms with Gasteiger partial charge in [0, 0.05) is 6.42 Å². The number of carbonyl (C=O) groups is 1. The van der Waals surface area contributed by atoms with Crippen molar-refractivity contribution in [3.8, 4) is 0 Å². The lowest BCUT2D eigenvalue weighted by atomic mass is 9.95. The summed E-state index contributed by atoms with van der Waals surface area (Å²) in [5.41, 5.74) is -0.345. The summed E-state index contributed by atoms with van der Waals surface area (Å²) < 4.78 is 5.27. The number of nitrogens with one attached hydrogen (secondary N) is 1. The van der Waals surface area contributed by atoms with E-state index in [0.29, 0.717) is 12.3 Å². The van der Waals surface area contributed by atoms with Crippen LogP contribution in [0.3, 0.4) is 0 Å². The Morgan fingerprint density at radius 1 is 1.47 bits per heavy atom. The highest BCUT2D eigenvalue weighted by Crippen LogP contribution is 2.17. The number of piperidine rings is 1. The molecule has 0 bridgehead atoms. The summed E-state index contributed by atoms with van der Waals surface area (Å²) in [5, 5.41) is 3.35. The summed E-state index contributed by atoms with van der Waals surface area (Å²) in [7, 11) is 0. The first-order valence-electron chi connectivity index (χ1n) is 5.90. The van der Waals surface area contributed by atoms with Gasteiger partial charge in [-0.25, -0.2) is 0 Å². The van der Waals surface area contributed by atoms with Gasteiger partial charge in [0.2, 0.25) is 0 Å². The van der Waals surface area contributed by atoms with Crippen molar-refractivity contribution in [1.29, 1.82) is 0 Å². The smallest absolute Gasteiger partial charge is 0.306 e. The molecule has 0 unspecified atom stereocenters. The van der Waals surface area contributed by atoms with Crippen molar-refractivity contribution in [3.05, 3.63) is 0 Å². The number of hydrogen-bond acceptors (Lipinski definition) is 3. The van der Waals surface area contributed by atoms with Crippen LogP contribution >= 0.6 is 0 Å². The zero-order valence-electron chi connectivity index (χ0n) is 10.1. The molecule has 15 heavy (non-hydrogen) atoms. The lowest BCUT2D eigenvalue weighted by Crippen LogP contribution is -2.30. The second kappa shape index (κ2) is 5.50. The van der Waals surface area contributed by atoms with E-state index in [9.17, 15) is 4.79 Å². The maximum Gasteiger partial charge on any atom is 0.306 e. The molecule has 1 atom stereocenters. The van der Waals surface area contributed by atoms with Crippen LogP contribution in [0.15, 0.2) is 0 Å². The van der Waals surface area contributed by atoms with Crippen LogP contribution in [0.1, 0.15) is 46.5 Å². The molecule has 0 saturated carbocycles. The monoisotopic (exact) mass is 213 g/mol. The van der Waals surface area contributed by atoms with E-state index in [1.807, 2.05) is 20.8 Å². The lowest BCUT2D eigenvalue weighted by molar-refractivity contribution is -0.155. The van der Waals surface area contributed by atoms with Crippen LogP contribution in [-0.4, -0.2) is 24.7 Å². The summed E-state index contributed by atoms with van der Waals surface area (Å²) in [6.45, 7) is 7.92. The van der Waals surface area contributed by atoms with Crippen LogP contribution in [0.5, 0.6) is 0 Å². The van der Waals surface area contributed by atoms with Crippen LogP contribution in [0.4, 0.5) is 0 Å². The van der Waals surface area contributed by atoms with E-state index in [2.05, 4.69) is 5.32 Å². The fourth-order valence-electron chi connectivity index (χ4n) is 1.88. The van der Waals surface area contributed by atoms with Gasteiger partial charge in [0.1, 0.15) is 5.60 Å². The Kier molecular flexibility index (Phi) is 4.58. The average molecular weight is 213 g/mol. The van der Waals surface area contributed by atoms with E-state index in [4.69, 9.17) is 4.74 Å². The number of ether oxygens (including phenoxy) is 1. The standard InChI is InChI=1S/C12H23NO2/c1-12(2,3)15-11(14)7-6-10-5-4-8-13-9-10/h10,13H,4-9H2,1-3H3/t10-/m0/s1. The Bertz CT molecular complexity index is 202. The molecule has 0 radical (unpaired) electrons. The maximum atomic E-state index is 11.5. The van der Waals surface area contributed by atoms with Gasteiger partial charge in [-0.2, -0.15) is 0 Å². The quantitative estimate of drug-likeness (QED) is 0.730. The Morgan fingerprint density at radius 3 is 2.73 bits per heavy atom. The molecule has 0 aromatic rings. The predicted octanol–water partition coefficient (Wildman–Crippen LogP) is 2.11. The number of rotatable bonds is 3. The topological polar surface area (TPSA) is 38.3 Å². The molecule has 1 aliphatic rings. The van der Waals surface area contributed by atoms with Crippen molar-refractivity contribution in [2.45, 2.75) is 52.1 Å².